The lowest BCUT2D eigenvalue weighted by Crippen LogP contribution is -2.53. The number of nitrogens with zero attached hydrogens (tertiary/aromatic N) is 4. The number of aryl methyl sites for hydroxylation is 1. The molecule has 0 aliphatic carbocycles. The number of fused-ring (bicyclic) bond motifs is 1. The first-order valence-electron chi connectivity index (χ1n) is 9.27. The Hall–Kier alpha value is -1.96. The second-order valence-corrected chi connectivity index (χ2v) is 7.46. The Labute approximate surface area is 152 Å². The van der Waals surface area contributed by atoms with Crippen molar-refractivity contribution >= 4 is 16.6 Å². The highest BCUT2D eigenvalue weighted by molar-refractivity contribution is 5.81. The number of aliphatic hydroxyl groups is 1. The first-order chi connectivity index (χ1) is 12.5. The molecule has 4 rings (SSSR count). The third-order valence-corrected chi connectivity index (χ3v) is 5.58. The van der Waals surface area contributed by atoms with Gasteiger partial charge >= 0.3 is 0 Å². The largest absolute Gasteiger partial charge is 0.388 e. The lowest BCUT2D eigenvalue weighted by atomic mass is 9.93. The van der Waals surface area contributed by atoms with E-state index in [-0.39, 0.29) is 5.56 Å². The molecule has 2 fully saturated rings. The summed E-state index contributed by atoms with van der Waals surface area (Å²) in [4.78, 5) is 21.2. The van der Waals surface area contributed by atoms with Crippen LogP contribution in [0.5, 0.6) is 0 Å². The van der Waals surface area contributed by atoms with Crippen LogP contribution in [0.3, 0.4) is 0 Å². The van der Waals surface area contributed by atoms with Crippen LogP contribution in [0.25, 0.3) is 10.9 Å². The average molecular weight is 358 g/mol. The Bertz CT molecular complexity index is 836. The van der Waals surface area contributed by atoms with E-state index in [0.29, 0.717) is 18.6 Å². The smallest absolute Gasteiger partial charge is 0.260 e. The van der Waals surface area contributed by atoms with Gasteiger partial charge < -0.3 is 19.3 Å². The third-order valence-electron chi connectivity index (χ3n) is 5.58. The molecule has 2 aliphatic heterocycles. The molecule has 0 amide bonds. The topological polar surface area (TPSA) is 70.8 Å². The van der Waals surface area contributed by atoms with Crippen LogP contribution >= 0.6 is 0 Å². The maximum atomic E-state index is 12.1. The Morgan fingerprint density at radius 1 is 1.19 bits per heavy atom. The quantitative estimate of drug-likeness (QED) is 0.866. The van der Waals surface area contributed by atoms with Gasteiger partial charge in [0.25, 0.3) is 5.56 Å². The van der Waals surface area contributed by atoms with Crippen molar-refractivity contribution in [3.8, 4) is 0 Å². The van der Waals surface area contributed by atoms with Crippen LogP contribution in [-0.2, 0) is 11.8 Å². The Kier molecular flexibility index (Phi) is 4.69. The Morgan fingerprint density at radius 2 is 1.92 bits per heavy atom. The summed E-state index contributed by atoms with van der Waals surface area (Å²) in [5.74, 6) is 0. The van der Waals surface area contributed by atoms with Gasteiger partial charge in [0.05, 0.1) is 22.8 Å². The van der Waals surface area contributed by atoms with Crippen molar-refractivity contribution in [2.24, 2.45) is 7.05 Å². The second kappa shape index (κ2) is 6.98. The lowest BCUT2D eigenvalue weighted by Gasteiger charge is -2.41. The fourth-order valence-electron chi connectivity index (χ4n) is 3.89. The number of aromatic nitrogens is 2. The molecule has 7 nitrogen and oxygen atoms in total. The summed E-state index contributed by atoms with van der Waals surface area (Å²) in [6.45, 7) is 5.68. The molecule has 26 heavy (non-hydrogen) atoms. The SMILES string of the molecule is Cn1cnc2cc(N3CCN(CC4(O)CCOCC4)CC3)ccc2c1=O. The number of rotatable bonds is 3. The summed E-state index contributed by atoms with van der Waals surface area (Å²) in [6.07, 6.45) is 3.01. The van der Waals surface area contributed by atoms with Crippen LogP contribution in [0.1, 0.15) is 12.8 Å². The zero-order valence-corrected chi connectivity index (χ0v) is 15.2. The van der Waals surface area contributed by atoms with Gasteiger partial charge in [0.2, 0.25) is 0 Å². The van der Waals surface area contributed by atoms with E-state index in [1.807, 2.05) is 18.2 Å². The van der Waals surface area contributed by atoms with Crippen molar-refractivity contribution in [2.45, 2.75) is 18.4 Å². The Balaban J connectivity index is 1.42. The number of β-amino-alcohol motifs (C(OH)–C–C–N with tert-alkyl or cyclic N) is 1. The fourth-order valence-corrected chi connectivity index (χ4v) is 3.89. The van der Waals surface area contributed by atoms with Crippen LogP contribution in [0.4, 0.5) is 5.69 Å². The molecule has 140 valence electrons. The van der Waals surface area contributed by atoms with E-state index in [2.05, 4.69) is 14.8 Å². The zero-order valence-electron chi connectivity index (χ0n) is 15.2. The summed E-state index contributed by atoms with van der Waals surface area (Å²) in [5, 5.41) is 11.4. The molecule has 1 aromatic heterocycles. The zero-order chi connectivity index (χ0) is 18.1. The molecule has 7 heteroatoms. The molecule has 0 atom stereocenters. The molecule has 2 aromatic rings. The van der Waals surface area contributed by atoms with E-state index in [0.717, 1.165) is 56.8 Å². The van der Waals surface area contributed by atoms with Crippen molar-refractivity contribution < 1.29 is 9.84 Å². The van der Waals surface area contributed by atoms with Gasteiger partial charge in [-0.15, -0.1) is 0 Å². The number of hydrogen-bond acceptors (Lipinski definition) is 6. The van der Waals surface area contributed by atoms with Gasteiger partial charge in [-0.05, 0) is 18.2 Å². The van der Waals surface area contributed by atoms with Crippen LogP contribution in [0, 0.1) is 0 Å². The molecule has 2 saturated heterocycles. The van der Waals surface area contributed by atoms with E-state index in [1.165, 1.54) is 4.57 Å². The van der Waals surface area contributed by atoms with Crippen molar-refractivity contribution in [2.75, 3.05) is 50.8 Å². The molecule has 1 aromatic carbocycles. The fraction of sp³-hybridized carbons (Fsp3) is 0.579. The molecule has 2 aliphatic rings. The van der Waals surface area contributed by atoms with Gasteiger partial charge in [0, 0.05) is 71.5 Å². The van der Waals surface area contributed by atoms with E-state index >= 15 is 0 Å². The van der Waals surface area contributed by atoms with E-state index in [1.54, 1.807) is 13.4 Å². The molecule has 0 spiro atoms. The maximum Gasteiger partial charge on any atom is 0.260 e. The minimum atomic E-state index is -0.604. The van der Waals surface area contributed by atoms with Gasteiger partial charge in [0.15, 0.2) is 0 Å². The molecular formula is C19H26N4O3. The average Bonchev–Trinajstić information content (AvgIpc) is 2.65. The second-order valence-electron chi connectivity index (χ2n) is 7.46. The summed E-state index contributed by atoms with van der Waals surface area (Å²) in [6, 6.07) is 5.88. The van der Waals surface area contributed by atoms with Crippen molar-refractivity contribution in [1.29, 1.82) is 0 Å². The van der Waals surface area contributed by atoms with Gasteiger partial charge in [-0.1, -0.05) is 0 Å². The molecule has 3 heterocycles. The van der Waals surface area contributed by atoms with E-state index in [4.69, 9.17) is 4.74 Å². The first-order valence-corrected chi connectivity index (χ1v) is 9.27. The molecule has 0 saturated carbocycles. The minimum Gasteiger partial charge on any atom is -0.388 e. The molecule has 0 unspecified atom stereocenters. The molecule has 0 radical (unpaired) electrons. The van der Waals surface area contributed by atoms with Gasteiger partial charge in [-0.3, -0.25) is 9.69 Å². The Morgan fingerprint density at radius 3 is 2.65 bits per heavy atom. The van der Waals surface area contributed by atoms with Crippen LogP contribution in [0.2, 0.25) is 0 Å². The summed E-state index contributed by atoms with van der Waals surface area (Å²) < 4.78 is 6.87. The third kappa shape index (κ3) is 3.47. The van der Waals surface area contributed by atoms with Crippen LogP contribution in [0.15, 0.2) is 29.3 Å². The van der Waals surface area contributed by atoms with Gasteiger partial charge in [-0.2, -0.15) is 0 Å². The lowest BCUT2D eigenvalue weighted by molar-refractivity contribution is -0.0802. The highest BCUT2D eigenvalue weighted by atomic mass is 16.5. The number of benzene rings is 1. The van der Waals surface area contributed by atoms with Crippen molar-refractivity contribution in [3.05, 3.63) is 34.9 Å². The predicted octanol–water partition coefficient (Wildman–Crippen LogP) is 0.597. The summed E-state index contributed by atoms with van der Waals surface area (Å²) in [5.41, 5.74) is 1.22. The summed E-state index contributed by atoms with van der Waals surface area (Å²) >= 11 is 0. The van der Waals surface area contributed by atoms with E-state index in [9.17, 15) is 9.90 Å². The summed E-state index contributed by atoms with van der Waals surface area (Å²) in [7, 11) is 1.72. The van der Waals surface area contributed by atoms with Gasteiger partial charge in [0.1, 0.15) is 0 Å². The normalized spacial score (nSPS) is 21.2. The number of anilines is 1. The minimum absolute atomic E-state index is 0.0175. The highest BCUT2D eigenvalue weighted by Crippen LogP contribution is 2.24. The van der Waals surface area contributed by atoms with Crippen molar-refractivity contribution in [1.82, 2.24) is 14.5 Å². The number of ether oxygens (including phenoxy) is 1. The van der Waals surface area contributed by atoms with Crippen LogP contribution < -0.4 is 10.5 Å². The van der Waals surface area contributed by atoms with Gasteiger partial charge in [-0.25, -0.2) is 4.98 Å². The standard InChI is InChI=1S/C19H26N4O3/c1-21-14-20-17-12-15(2-3-16(17)18(21)24)23-8-6-22(7-9-23)13-19(25)4-10-26-11-5-19/h2-3,12,14,25H,4-11,13H2,1H3. The molecule has 0 bridgehead atoms. The number of piperazine rings is 1. The van der Waals surface area contributed by atoms with Crippen LogP contribution in [-0.4, -0.2) is 71.1 Å². The first kappa shape index (κ1) is 17.5. The predicted molar refractivity (Wildman–Crippen MR) is 101 cm³/mol. The molecular weight excluding hydrogens is 332 g/mol. The number of hydrogen-bond donors (Lipinski definition) is 1. The maximum absolute atomic E-state index is 12.1. The van der Waals surface area contributed by atoms with E-state index < -0.39 is 5.60 Å². The van der Waals surface area contributed by atoms with Crippen molar-refractivity contribution in [3.63, 3.8) is 0 Å². The molecule has 1 N–H and O–H groups in total. The highest BCUT2D eigenvalue weighted by Gasteiger charge is 2.33. The monoisotopic (exact) mass is 358 g/mol.